The number of aromatic nitrogens is 2. The number of carbonyl (C=O) groups excluding carboxylic acids is 2. The van der Waals surface area contributed by atoms with Gasteiger partial charge < -0.3 is 25.6 Å². The quantitative estimate of drug-likeness (QED) is 0.549. The number of hydrogen-bond donors (Lipinski definition) is 2. The Hall–Kier alpha value is -4.14. The molecule has 3 aromatic rings. The second-order valence-corrected chi connectivity index (χ2v) is 9.33. The summed E-state index contributed by atoms with van der Waals surface area (Å²) in [6.45, 7) is 7.82. The second kappa shape index (κ2) is 10.0. The average molecular weight is 475 g/mol. The molecule has 1 fully saturated rings. The summed E-state index contributed by atoms with van der Waals surface area (Å²) < 4.78 is 5.48. The Labute approximate surface area is 204 Å². The first kappa shape index (κ1) is 24.0. The maximum Gasteiger partial charge on any atom is 0.410 e. The van der Waals surface area contributed by atoms with Crippen LogP contribution in [0.2, 0.25) is 0 Å². The van der Waals surface area contributed by atoms with Gasteiger partial charge >= 0.3 is 6.09 Å². The van der Waals surface area contributed by atoms with E-state index in [2.05, 4.69) is 20.2 Å². The number of benzene rings is 1. The highest BCUT2D eigenvalue weighted by Crippen LogP contribution is 2.27. The molecule has 1 aliphatic rings. The molecule has 35 heavy (non-hydrogen) atoms. The summed E-state index contributed by atoms with van der Waals surface area (Å²) in [7, 11) is 0. The largest absolute Gasteiger partial charge is 0.444 e. The molecule has 0 spiro atoms. The van der Waals surface area contributed by atoms with E-state index in [-0.39, 0.29) is 17.7 Å². The molecule has 3 heterocycles. The van der Waals surface area contributed by atoms with Crippen LogP contribution in [0.4, 0.5) is 21.9 Å². The second-order valence-electron chi connectivity index (χ2n) is 9.33. The minimum Gasteiger partial charge on any atom is -0.444 e. The van der Waals surface area contributed by atoms with Gasteiger partial charge in [-0.05, 0) is 51.1 Å². The summed E-state index contributed by atoms with van der Waals surface area (Å²) in [5.41, 5.74) is 9.19. The lowest BCUT2D eigenvalue weighted by atomic mass is 10.1. The van der Waals surface area contributed by atoms with Crippen LogP contribution in [0.1, 0.15) is 31.3 Å². The Morgan fingerprint density at radius 2 is 1.77 bits per heavy atom. The van der Waals surface area contributed by atoms with Gasteiger partial charge in [-0.25, -0.2) is 9.78 Å². The molecular formula is C26H30N6O3. The Bertz CT molecular complexity index is 1220. The number of nitrogen functional groups attached to an aromatic ring is 1. The molecule has 1 saturated heterocycles. The smallest absolute Gasteiger partial charge is 0.410 e. The van der Waals surface area contributed by atoms with Crippen molar-refractivity contribution in [2.75, 3.05) is 42.1 Å². The highest BCUT2D eigenvalue weighted by molar-refractivity contribution is 6.04. The van der Waals surface area contributed by atoms with E-state index in [0.29, 0.717) is 43.2 Å². The molecule has 182 valence electrons. The van der Waals surface area contributed by atoms with E-state index >= 15 is 0 Å². The zero-order chi connectivity index (χ0) is 25.0. The van der Waals surface area contributed by atoms with Crippen LogP contribution in [0, 0.1) is 0 Å². The molecule has 9 nitrogen and oxygen atoms in total. The third-order valence-electron chi connectivity index (χ3n) is 5.48. The number of carbonyl (C=O) groups is 2. The van der Waals surface area contributed by atoms with Crippen LogP contribution in [0.25, 0.3) is 11.3 Å². The molecule has 0 atom stereocenters. The van der Waals surface area contributed by atoms with E-state index in [1.807, 2.05) is 51.1 Å². The van der Waals surface area contributed by atoms with Gasteiger partial charge in [0, 0.05) is 43.6 Å². The Morgan fingerprint density at radius 3 is 2.49 bits per heavy atom. The van der Waals surface area contributed by atoms with Crippen LogP contribution in [0.5, 0.6) is 0 Å². The summed E-state index contributed by atoms with van der Waals surface area (Å²) in [6, 6.07) is 14.5. The molecule has 0 bridgehead atoms. The van der Waals surface area contributed by atoms with Crippen LogP contribution < -0.4 is 16.0 Å². The minimum absolute atomic E-state index is 0.287. The molecule has 1 aromatic carbocycles. The summed E-state index contributed by atoms with van der Waals surface area (Å²) >= 11 is 0. The van der Waals surface area contributed by atoms with E-state index in [0.717, 1.165) is 11.3 Å². The van der Waals surface area contributed by atoms with Crippen LogP contribution in [-0.4, -0.2) is 58.6 Å². The first-order chi connectivity index (χ1) is 16.7. The maximum absolute atomic E-state index is 13.1. The molecule has 2 aromatic heterocycles. The summed E-state index contributed by atoms with van der Waals surface area (Å²) in [6.07, 6.45) is 2.99. The first-order valence-electron chi connectivity index (χ1n) is 11.5. The summed E-state index contributed by atoms with van der Waals surface area (Å²) in [5, 5.41) is 2.94. The molecule has 0 radical (unpaired) electrons. The van der Waals surface area contributed by atoms with Crippen LogP contribution >= 0.6 is 0 Å². The molecule has 0 aliphatic carbocycles. The number of ether oxygens (including phenoxy) is 1. The van der Waals surface area contributed by atoms with E-state index in [4.69, 9.17) is 10.5 Å². The number of nitrogens with one attached hydrogen (secondary N) is 1. The number of piperazine rings is 1. The lowest BCUT2D eigenvalue weighted by Crippen LogP contribution is -2.50. The molecule has 0 unspecified atom stereocenters. The fraction of sp³-hybridized carbons (Fsp3) is 0.308. The van der Waals surface area contributed by atoms with Gasteiger partial charge in [-0.2, -0.15) is 0 Å². The molecular weight excluding hydrogens is 444 g/mol. The third-order valence-corrected chi connectivity index (χ3v) is 5.48. The van der Waals surface area contributed by atoms with Crippen molar-refractivity contribution in [1.29, 1.82) is 0 Å². The molecule has 1 aliphatic heterocycles. The monoisotopic (exact) mass is 474 g/mol. The van der Waals surface area contributed by atoms with Crippen molar-refractivity contribution in [2.45, 2.75) is 26.4 Å². The molecule has 0 saturated carbocycles. The summed E-state index contributed by atoms with van der Waals surface area (Å²) in [5.74, 6) is -0.336. The first-order valence-corrected chi connectivity index (χ1v) is 11.5. The van der Waals surface area contributed by atoms with Crippen molar-refractivity contribution in [2.24, 2.45) is 0 Å². The fourth-order valence-corrected chi connectivity index (χ4v) is 3.82. The van der Waals surface area contributed by atoms with E-state index in [9.17, 15) is 9.59 Å². The molecule has 9 heteroatoms. The number of nitrogens with two attached hydrogens (primary N) is 1. The lowest BCUT2D eigenvalue weighted by Gasteiger charge is -2.37. The molecule has 3 N–H and O–H groups in total. The van der Waals surface area contributed by atoms with Crippen LogP contribution in [-0.2, 0) is 4.74 Å². The van der Waals surface area contributed by atoms with Gasteiger partial charge in [0.15, 0.2) is 0 Å². The predicted octanol–water partition coefficient (Wildman–Crippen LogP) is 4.04. The topological polar surface area (TPSA) is 114 Å². The van der Waals surface area contributed by atoms with Crippen molar-refractivity contribution in [1.82, 2.24) is 14.9 Å². The average Bonchev–Trinajstić information content (AvgIpc) is 2.83. The van der Waals surface area contributed by atoms with Gasteiger partial charge in [0.2, 0.25) is 0 Å². The van der Waals surface area contributed by atoms with Crippen LogP contribution in [0.15, 0.2) is 60.9 Å². The zero-order valence-electron chi connectivity index (χ0n) is 20.2. The number of rotatable bonds is 4. The number of anilines is 3. The number of pyridine rings is 2. The standard InChI is InChI=1S/C26H30N6O3/c1-26(2,3)35-25(34)32-14-12-31(13-15-32)23-10-11-28-17-22(23)30-24(33)21-9-5-8-20(29-21)18-6-4-7-19(27)16-18/h4-11,16-17H,12-15,27H2,1-3H3,(H,30,33). The molecule has 4 rings (SSSR count). The SMILES string of the molecule is CC(C)(C)OC(=O)N1CCN(c2ccncc2NC(=O)c2cccc(-c3cccc(N)c3)n2)CC1. The Kier molecular flexibility index (Phi) is 6.86. The van der Waals surface area contributed by atoms with E-state index in [1.165, 1.54) is 0 Å². The fourth-order valence-electron chi connectivity index (χ4n) is 3.82. The highest BCUT2D eigenvalue weighted by atomic mass is 16.6. The van der Waals surface area contributed by atoms with E-state index < -0.39 is 5.60 Å². The zero-order valence-corrected chi connectivity index (χ0v) is 20.2. The predicted molar refractivity (Wildman–Crippen MR) is 136 cm³/mol. The van der Waals surface area contributed by atoms with Crippen molar-refractivity contribution in [3.63, 3.8) is 0 Å². The third kappa shape index (κ3) is 6.06. The normalized spacial score (nSPS) is 13.9. The van der Waals surface area contributed by atoms with Gasteiger partial charge in [-0.15, -0.1) is 0 Å². The van der Waals surface area contributed by atoms with Gasteiger partial charge in [0.1, 0.15) is 11.3 Å². The Balaban J connectivity index is 1.45. The van der Waals surface area contributed by atoms with E-state index in [1.54, 1.807) is 35.5 Å². The maximum atomic E-state index is 13.1. The minimum atomic E-state index is -0.533. The van der Waals surface area contributed by atoms with Crippen molar-refractivity contribution >= 4 is 29.1 Å². The van der Waals surface area contributed by atoms with Crippen molar-refractivity contribution in [3.8, 4) is 11.3 Å². The van der Waals surface area contributed by atoms with Gasteiger partial charge in [-0.3, -0.25) is 9.78 Å². The van der Waals surface area contributed by atoms with Gasteiger partial charge in [0.25, 0.3) is 5.91 Å². The van der Waals surface area contributed by atoms with Crippen molar-refractivity contribution in [3.05, 3.63) is 66.6 Å². The van der Waals surface area contributed by atoms with Crippen LogP contribution in [0.3, 0.4) is 0 Å². The van der Waals surface area contributed by atoms with Crippen molar-refractivity contribution < 1.29 is 14.3 Å². The lowest BCUT2D eigenvalue weighted by molar-refractivity contribution is 0.0240. The number of nitrogens with zero attached hydrogens (tertiary/aromatic N) is 4. The van der Waals surface area contributed by atoms with Gasteiger partial charge in [-0.1, -0.05) is 18.2 Å². The number of amides is 2. The Morgan fingerprint density at radius 1 is 1.03 bits per heavy atom. The number of hydrogen-bond acceptors (Lipinski definition) is 7. The highest BCUT2D eigenvalue weighted by Gasteiger charge is 2.27. The van der Waals surface area contributed by atoms with Gasteiger partial charge in [0.05, 0.1) is 23.3 Å². The molecule has 2 amide bonds. The summed E-state index contributed by atoms with van der Waals surface area (Å²) in [4.78, 5) is 38.0.